The predicted octanol–water partition coefficient (Wildman–Crippen LogP) is 2.30. The van der Waals surface area contributed by atoms with Crippen molar-refractivity contribution in [1.29, 1.82) is 0 Å². The van der Waals surface area contributed by atoms with Crippen LogP contribution in [0.3, 0.4) is 0 Å². The van der Waals surface area contributed by atoms with Gasteiger partial charge in [-0.15, -0.1) is 0 Å². The van der Waals surface area contributed by atoms with E-state index in [0.717, 1.165) is 5.56 Å². The number of benzene rings is 1. The van der Waals surface area contributed by atoms with Gasteiger partial charge in [-0.25, -0.2) is 0 Å². The second kappa shape index (κ2) is 9.67. The van der Waals surface area contributed by atoms with Gasteiger partial charge in [0.1, 0.15) is 22.9 Å². The van der Waals surface area contributed by atoms with E-state index in [2.05, 4.69) is 15.3 Å². The SMILES string of the molecule is CNC(=O)c1cc(Oc2ccc(N)cc2)ccn1.Cc1cccnc1C(N)=O. The fourth-order valence-electron chi connectivity index (χ4n) is 2.14. The number of aromatic nitrogens is 2. The number of anilines is 1. The lowest BCUT2D eigenvalue weighted by Crippen LogP contribution is -2.18. The Bertz CT molecular complexity index is 958. The number of ether oxygens (including phenoxy) is 1. The third kappa shape index (κ3) is 5.80. The number of hydrogen-bond donors (Lipinski definition) is 3. The largest absolute Gasteiger partial charge is 0.457 e. The molecule has 0 saturated heterocycles. The van der Waals surface area contributed by atoms with Crippen molar-refractivity contribution in [1.82, 2.24) is 15.3 Å². The van der Waals surface area contributed by atoms with Crippen LogP contribution in [-0.2, 0) is 0 Å². The predicted molar refractivity (Wildman–Crippen MR) is 106 cm³/mol. The molecule has 3 aromatic rings. The quantitative estimate of drug-likeness (QED) is 0.596. The van der Waals surface area contributed by atoms with Gasteiger partial charge in [-0.05, 0) is 48.9 Å². The Morgan fingerprint density at radius 1 is 1.00 bits per heavy atom. The molecule has 2 aromatic heterocycles. The number of nitrogen functional groups attached to an aromatic ring is 1. The Hall–Kier alpha value is -3.94. The second-order valence-electron chi connectivity index (χ2n) is 5.66. The number of primary amides is 1. The number of nitrogens with zero attached hydrogens (tertiary/aromatic N) is 2. The molecule has 144 valence electrons. The molecule has 2 amide bonds. The molecule has 0 radical (unpaired) electrons. The lowest BCUT2D eigenvalue weighted by Gasteiger charge is -2.06. The maximum atomic E-state index is 11.4. The van der Waals surface area contributed by atoms with Crippen LogP contribution in [0.4, 0.5) is 5.69 Å². The fraction of sp³-hybridized carbons (Fsp3) is 0.100. The number of carbonyl (C=O) groups is 2. The number of hydrogen-bond acceptors (Lipinski definition) is 6. The number of pyridine rings is 2. The molecule has 28 heavy (non-hydrogen) atoms. The number of aryl methyl sites for hydroxylation is 1. The number of carbonyl (C=O) groups excluding carboxylic acids is 2. The van der Waals surface area contributed by atoms with Crippen LogP contribution < -0.4 is 21.5 Å². The van der Waals surface area contributed by atoms with Crippen molar-refractivity contribution in [3.63, 3.8) is 0 Å². The minimum Gasteiger partial charge on any atom is -0.457 e. The average Bonchev–Trinajstić information content (AvgIpc) is 2.70. The van der Waals surface area contributed by atoms with E-state index >= 15 is 0 Å². The van der Waals surface area contributed by atoms with E-state index in [1.54, 1.807) is 68.7 Å². The first-order valence-electron chi connectivity index (χ1n) is 8.33. The maximum absolute atomic E-state index is 11.4. The summed E-state index contributed by atoms with van der Waals surface area (Å²) >= 11 is 0. The molecule has 0 spiro atoms. The highest BCUT2D eigenvalue weighted by Crippen LogP contribution is 2.22. The Labute approximate surface area is 162 Å². The minimum absolute atomic E-state index is 0.252. The van der Waals surface area contributed by atoms with Gasteiger partial charge in [0.2, 0.25) is 0 Å². The zero-order valence-electron chi connectivity index (χ0n) is 15.5. The van der Waals surface area contributed by atoms with E-state index in [1.165, 1.54) is 6.20 Å². The summed E-state index contributed by atoms with van der Waals surface area (Å²) in [4.78, 5) is 29.8. The summed E-state index contributed by atoms with van der Waals surface area (Å²) in [5, 5.41) is 2.51. The topological polar surface area (TPSA) is 133 Å². The van der Waals surface area contributed by atoms with Crippen molar-refractivity contribution in [2.45, 2.75) is 6.92 Å². The second-order valence-corrected chi connectivity index (χ2v) is 5.66. The highest BCUT2D eigenvalue weighted by atomic mass is 16.5. The van der Waals surface area contributed by atoms with Gasteiger partial charge in [0, 0.05) is 31.2 Å². The van der Waals surface area contributed by atoms with Gasteiger partial charge in [0.15, 0.2) is 0 Å². The molecule has 0 fully saturated rings. The summed E-state index contributed by atoms with van der Waals surface area (Å²) in [6, 6.07) is 13.8. The molecule has 8 heteroatoms. The first kappa shape index (κ1) is 20.4. The van der Waals surface area contributed by atoms with Crippen molar-refractivity contribution in [2.24, 2.45) is 5.73 Å². The Kier molecular flexibility index (Phi) is 7.04. The van der Waals surface area contributed by atoms with Crippen molar-refractivity contribution in [3.8, 4) is 11.5 Å². The molecule has 0 bridgehead atoms. The summed E-state index contributed by atoms with van der Waals surface area (Å²) in [5.74, 6) is 0.475. The van der Waals surface area contributed by atoms with Crippen LogP contribution >= 0.6 is 0 Å². The summed E-state index contributed by atoms with van der Waals surface area (Å²) < 4.78 is 5.59. The lowest BCUT2D eigenvalue weighted by molar-refractivity contribution is 0.0956. The first-order chi connectivity index (χ1) is 13.4. The minimum atomic E-state index is -0.474. The van der Waals surface area contributed by atoms with Gasteiger partial charge in [0.25, 0.3) is 11.8 Å². The van der Waals surface area contributed by atoms with Gasteiger partial charge >= 0.3 is 0 Å². The van der Waals surface area contributed by atoms with Crippen LogP contribution in [0.2, 0.25) is 0 Å². The molecular formula is C20H21N5O3. The van der Waals surface area contributed by atoms with E-state index in [1.807, 2.05) is 0 Å². The number of rotatable bonds is 4. The molecular weight excluding hydrogens is 358 g/mol. The molecule has 5 N–H and O–H groups in total. The van der Waals surface area contributed by atoms with E-state index in [0.29, 0.717) is 28.6 Å². The molecule has 3 rings (SSSR count). The van der Waals surface area contributed by atoms with Gasteiger partial charge in [0.05, 0.1) is 0 Å². The van der Waals surface area contributed by atoms with Gasteiger partial charge in [-0.3, -0.25) is 19.6 Å². The first-order valence-corrected chi connectivity index (χ1v) is 8.33. The molecule has 0 aliphatic rings. The van der Waals surface area contributed by atoms with Crippen LogP contribution in [0.25, 0.3) is 0 Å². The molecule has 0 aliphatic carbocycles. The Balaban J connectivity index is 0.000000237. The monoisotopic (exact) mass is 379 g/mol. The van der Waals surface area contributed by atoms with Crippen LogP contribution in [0.5, 0.6) is 11.5 Å². The fourth-order valence-corrected chi connectivity index (χ4v) is 2.14. The highest BCUT2D eigenvalue weighted by molar-refractivity contribution is 5.92. The van der Waals surface area contributed by atoms with E-state index in [4.69, 9.17) is 16.2 Å². The number of nitrogens with two attached hydrogens (primary N) is 2. The van der Waals surface area contributed by atoms with Crippen LogP contribution in [0.15, 0.2) is 60.9 Å². The third-order valence-electron chi connectivity index (χ3n) is 3.55. The van der Waals surface area contributed by atoms with Crippen LogP contribution in [-0.4, -0.2) is 28.8 Å². The Morgan fingerprint density at radius 2 is 1.71 bits per heavy atom. The summed E-state index contributed by atoms with van der Waals surface area (Å²) in [6.07, 6.45) is 3.07. The molecule has 0 aliphatic heterocycles. The Morgan fingerprint density at radius 3 is 2.29 bits per heavy atom. The van der Waals surface area contributed by atoms with Gasteiger partial charge in [-0.1, -0.05) is 6.07 Å². The zero-order chi connectivity index (χ0) is 20.5. The maximum Gasteiger partial charge on any atom is 0.269 e. The van der Waals surface area contributed by atoms with Crippen molar-refractivity contribution >= 4 is 17.5 Å². The van der Waals surface area contributed by atoms with Crippen molar-refractivity contribution in [3.05, 3.63) is 77.9 Å². The third-order valence-corrected chi connectivity index (χ3v) is 3.55. The van der Waals surface area contributed by atoms with Crippen LogP contribution in [0, 0.1) is 6.92 Å². The van der Waals surface area contributed by atoms with E-state index in [-0.39, 0.29) is 5.91 Å². The molecule has 0 unspecified atom stereocenters. The van der Waals surface area contributed by atoms with Gasteiger partial charge in [-0.2, -0.15) is 0 Å². The van der Waals surface area contributed by atoms with Gasteiger partial charge < -0.3 is 21.5 Å². The van der Waals surface area contributed by atoms with E-state index in [9.17, 15) is 9.59 Å². The number of nitrogens with one attached hydrogen (secondary N) is 1. The normalized spacial score (nSPS) is 9.64. The molecule has 2 heterocycles. The smallest absolute Gasteiger partial charge is 0.269 e. The standard InChI is InChI=1S/C13H13N3O2.C7H8N2O/c1-15-13(17)12-8-11(6-7-16-12)18-10-4-2-9(14)3-5-10;1-5-3-2-4-9-6(5)7(8)10/h2-8H,14H2,1H3,(H,15,17);2-4H,1H3,(H2,8,10). The average molecular weight is 379 g/mol. The summed E-state index contributed by atoms with van der Waals surface area (Å²) in [6.45, 7) is 1.80. The van der Waals surface area contributed by atoms with E-state index < -0.39 is 5.91 Å². The lowest BCUT2D eigenvalue weighted by atomic mass is 10.2. The molecule has 0 saturated carbocycles. The summed E-state index contributed by atoms with van der Waals surface area (Å²) in [5.41, 5.74) is 12.7. The van der Waals surface area contributed by atoms with Crippen LogP contribution in [0.1, 0.15) is 26.5 Å². The molecule has 8 nitrogen and oxygen atoms in total. The number of amides is 2. The molecule has 1 aromatic carbocycles. The summed E-state index contributed by atoms with van der Waals surface area (Å²) in [7, 11) is 1.55. The van der Waals surface area contributed by atoms with Crippen molar-refractivity contribution in [2.75, 3.05) is 12.8 Å². The van der Waals surface area contributed by atoms with Crippen molar-refractivity contribution < 1.29 is 14.3 Å². The molecule has 0 atom stereocenters. The zero-order valence-corrected chi connectivity index (χ0v) is 15.5. The highest BCUT2D eigenvalue weighted by Gasteiger charge is 2.06.